The van der Waals surface area contributed by atoms with Crippen molar-refractivity contribution in [3.05, 3.63) is 41.6 Å². The molecule has 188 valence electrons. The minimum Gasteiger partial charge on any atom is -0.477 e. The number of hydrogen-bond donors (Lipinski definition) is 4. The summed E-state index contributed by atoms with van der Waals surface area (Å²) >= 11 is 1.33. The first-order valence-electron chi connectivity index (χ1n) is 11.8. The average molecular weight is 509 g/mol. The second-order valence-electron chi connectivity index (χ2n) is 9.10. The van der Waals surface area contributed by atoms with E-state index in [0.717, 1.165) is 42.2 Å². The zero-order valence-corrected chi connectivity index (χ0v) is 20.9. The predicted molar refractivity (Wildman–Crippen MR) is 137 cm³/mol. The third kappa shape index (κ3) is 5.60. The predicted octanol–water partition coefficient (Wildman–Crippen LogP) is 3.20. The normalized spacial score (nSPS) is 16.1. The molecular weight excluding hydrogens is 480 g/mol. The summed E-state index contributed by atoms with van der Waals surface area (Å²) in [5.41, 5.74) is 1.60. The number of rotatable bonds is 8. The number of aromatic nitrogens is 4. The van der Waals surface area contributed by atoms with Crippen LogP contribution in [0, 0.1) is 12.8 Å². The topological polar surface area (TPSA) is 139 Å². The van der Waals surface area contributed by atoms with Crippen LogP contribution in [-0.4, -0.2) is 75.3 Å². The molecule has 36 heavy (non-hydrogen) atoms. The lowest BCUT2D eigenvalue weighted by atomic mass is 10.2. The van der Waals surface area contributed by atoms with E-state index in [1.165, 1.54) is 11.8 Å². The van der Waals surface area contributed by atoms with Crippen LogP contribution in [0.2, 0.25) is 0 Å². The van der Waals surface area contributed by atoms with Crippen molar-refractivity contribution in [3.8, 4) is 0 Å². The number of nitrogens with zero attached hydrogens (tertiary/aromatic N) is 5. The van der Waals surface area contributed by atoms with Crippen LogP contribution < -0.4 is 15.5 Å². The van der Waals surface area contributed by atoms with Crippen molar-refractivity contribution in [3.63, 3.8) is 0 Å². The number of piperazine rings is 1. The molecule has 2 aromatic heterocycles. The molecule has 1 saturated carbocycles. The molecule has 2 fully saturated rings. The highest BCUT2D eigenvalue weighted by molar-refractivity contribution is 7.99. The first-order valence-corrected chi connectivity index (χ1v) is 12.6. The summed E-state index contributed by atoms with van der Waals surface area (Å²) in [6.07, 6.45) is 1.90. The molecular formula is C24H28N8O3S. The maximum absolute atomic E-state index is 12.4. The summed E-state index contributed by atoms with van der Waals surface area (Å²) < 4.78 is 0. The van der Waals surface area contributed by atoms with Crippen LogP contribution in [-0.2, 0) is 4.79 Å². The fourth-order valence-electron chi connectivity index (χ4n) is 3.91. The Bertz CT molecular complexity index is 1270. The van der Waals surface area contributed by atoms with Crippen molar-refractivity contribution in [2.75, 3.05) is 48.8 Å². The number of amides is 1. The summed E-state index contributed by atoms with van der Waals surface area (Å²) in [7, 11) is 2.04. The number of carboxylic acid groups (broad SMARTS) is 1. The van der Waals surface area contributed by atoms with Gasteiger partial charge in [0.1, 0.15) is 11.4 Å². The van der Waals surface area contributed by atoms with Gasteiger partial charge in [0.2, 0.25) is 5.91 Å². The van der Waals surface area contributed by atoms with Crippen molar-refractivity contribution < 1.29 is 14.7 Å². The monoisotopic (exact) mass is 508 g/mol. The van der Waals surface area contributed by atoms with Crippen molar-refractivity contribution in [1.29, 1.82) is 0 Å². The molecule has 0 bridgehead atoms. The molecule has 11 nitrogen and oxygen atoms in total. The van der Waals surface area contributed by atoms with Gasteiger partial charge >= 0.3 is 5.97 Å². The number of hydrogen-bond acceptors (Lipinski definition) is 9. The third-order valence-corrected chi connectivity index (χ3v) is 6.99. The van der Waals surface area contributed by atoms with E-state index in [2.05, 4.69) is 35.7 Å². The van der Waals surface area contributed by atoms with Gasteiger partial charge in [-0.2, -0.15) is 5.10 Å². The molecule has 5 rings (SSSR count). The van der Waals surface area contributed by atoms with Gasteiger partial charge in [0, 0.05) is 54.4 Å². The average Bonchev–Trinajstić information content (AvgIpc) is 3.62. The number of aromatic amines is 1. The van der Waals surface area contributed by atoms with E-state index >= 15 is 0 Å². The highest BCUT2D eigenvalue weighted by Crippen LogP contribution is 2.34. The molecule has 1 aliphatic carbocycles. The molecule has 12 heteroatoms. The van der Waals surface area contributed by atoms with Gasteiger partial charge in [-0.1, -0.05) is 0 Å². The van der Waals surface area contributed by atoms with Gasteiger partial charge < -0.3 is 25.5 Å². The van der Waals surface area contributed by atoms with E-state index in [9.17, 15) is 14.7 Å². The second-order valence-corrected chi connectivity index (χ2v) is 10.1. The Hall–Kier alpha value is -3.64. The summed E-state index contributed by atoms with van der Waals surface area (Å²) in [4.78, 5) is 38.7. The van der Waals surface area contributed by atoms with E-state index in [-0.39, 0.29) is 23.2 Å². The molecule has 1 amide bonds. The lowest BCUT2D eigenvalue weighted by molar-refractivity contribution is -0.117. The Kier molecular flexibility index (Phi) is 6.79. The van der Waals surface area contributed by atoms with Gasteiger partial charge in [0.05, 0.1) is 0 Å². The number of anilines is 4. The summed E-state index contributed by atoms with van der Waals surface area (Å²) in [5.74, 6) is 0.141. The summed E-state index contributed by atoms with van der Waals surface area (Å²) in [6, 6.07) is 9.26. The first-order chi connectivity index (χ1) is 17.4. The Balaban J connectivity index is 1.45. The molecule has 0 unspecified atom stereocenters. The minimum atomic E-state index is -1.11. The molecule has 1 aromatic carbocycles. The van der Waals surface area contributed by atoms with Crippen LogP contribution in [0.3, 0.4) is 0 Å². The zero-order valence-electron chi connectivity index (χ0n) is 20.1. The van der Waals surface area contributed by atoms with E-state index in [1.54, 1.807) is 6.07 Å². The molecule has 1 aliphatic heterocycles. The maximum atomic E-state index is 12.4. The van der Waals surface area contributed by atoms with Gasteiger partial charge in [-0.25, -0.2) is 14.8 Å². The molecule has 4 N–H and O–H groups in total. The van der Waals surface area contributed by atoms with Gasteiger partial charge in [-0.15, -0.1) is 0 Å². The Morgan fingerprint density at radius 3 is 2.44 bits per heavy atom. The van der Waals surface area contributed by atoms with E-state index in [4.69, 9.17) is 0 Å². The molecule has 0 atom stereocenters. The van der Waals surface area contributed by atoms with Crippen LogP contribution in [0.15, 0.2) is 40.4 Å². The second kappa shape index (κ2) is 10.2. The van der Waals surface area contributed by atoms with Crippen LogP contribution in [0.5, 0.6) is 0 Å². The third-order valence-electron chi connectivity index (χ3n) is 6.12. The molecule has 1 saturated heterocycles. The largest absolute Gasteiger partial charge is 0.477 e. The fourth-order valence-corrected chi connectivity index (χ4v) is 4.67. The van der Waals surface area contributed by atoms with Crippen molar-refractivity contribution in [2.45, 2.75) is 29.8 Å². The molecule has 3 aromatic rings. The Morgan fingerprint density at radius 1 is 1.11 bits per heavy atom. The van der Waals surface area contributed by atoms with Crippen LogP contribution in [0.25, 0.3) is 0 Å². The minimum absolute atomic E-state index is 0.0164. The highest BCUT2D eigenvalue weighted by atomic mass is 32.2. The Morgan fingerprint density at radius 2 is 1.83 bits per heavy atom. The molecule has 3 heterocycles. The number of aryl methyl sites for hydroxylation is 1. The lowest BCUT2D eigenvalue weighted by Gasteiger charge is -2.34. The van der Waals surface area contributed by atoms with Gasteiger partial charge in [0.15, 0.2) is 16.8 Å². The molecule has 2 aliphatic rings. The zero-order chi connectivity index (χ0) is 25.2. The maximum Gasteiger partial charge on any atom is 0.343 e. The number of benzene rings is 1. The molecule has 0 radical (unpaired) electrons. The number of likely N-dealkylation sites (N-methyl/N-ethyl adjacent to an activating group) is 1. The number of aromatic carboxylic acids is 1. The van der Waals surface area contributed by atoms with Crippen molar-refractivity contribution >= 4 is 46.8 Å². The molecule has 0 spiro atoms. The van der Waals surface area contributed by atoms with Crippen LogP contribution in [0.4, 0.5) is 23.1 Å². The SMILES string of the molecule is Cc1cc(Nc2nc(Sc3ccc(NC(=O)C4CC4)cc3)nc(N3CCN(C)CC3)c2C(=O)O)n[nH]1. The van der Waals surface area contributed by atoms with Gasteiger partial charge in [-0.05, 0) is 62.8 Å². The number of H-pyrrole nitrogens is 1. The highest BCUT2D eigenvalue weighted by Gasteiger charge is 2.30. The Labute approximate surface area is 212 Å². The smallest absolute Gasteiger partial charge is 0.343 e. The number of carbonyl (C=O) groups is 2. The van der Waals surface area contributed by atoms with Crippen LogP contribution >= 0.6 is 11.8 Å². The van der Waals surface area contributed by atoms with E-state index < -0.39 is 5.97 Å². The number of carbonyl (C=O) groups excluding carboxylic acids is 1. The van der Waals surface area contributed by atoms with Crippen LogP contribution in [0.1, 0.15) is 28.9 Å². The fraction of sp³-hybridized carbons (Fsp3) is 0.375. The number of carboxylic acids is 1. The van der Waals surface area contributed by atoms with E-state index in [1.807, 2.05) is 43.1 Å². The van der Waals surface area contributed by atoms with Gasteiger partial charge in [-0.3, -0.25) is 9.89 Å². The van der Waals surface area contributed by atoms with Crippen molar-refractivity contribution in [1.82, 2.24) is 25.1 Å². The lowest BCUT2D eigenvalue weighted by Crippen LogP contribution is -2.45. The number of nitrogens with one attached hydrogen (secondary N) is 3. The standard InChI is InChI=1S/C24H28N8O3S/c1-14-13-18(30-29-14)26-20-19(23(34)35)21(32-11-9-31(2)10-12-32)28-24(27-20)36-17-7-5-16(6-8-17)25-22(33)15-3-4-15/h5-8,13,15H,3-4,9-12H2,1-2H3,(H,25,33)(H,34,35)(H2,26,27,28,29,30). The van der Waals surface area contributed by atoms with Gasteiger partial charge in [0.25, 0.3) is 0 Å². The van der Waals surface area contributed by atoms with E-state index in [0.29, 0.717) is 29.9 Å². The summed E-state index contributed by atoms with van der Waals surface area (Å²) in [6.45, 7) is 4.80. The first kappa shape index (κ1) is 24.1. The quantitative estimate of drug-likeness (QED) is 0.335. The summed E-state index contributed by atoms with van der Waals surface area (Å²) in [5, 5.41) is 23.6. The van der Waals surface area contributed by atoms with Crippen molar-refractivity contribution in [2.24, 2.45) is 5.92 Å².